The molecule has 0 amide bonds. The van der Waals surface area contributed by atoms with Crippen LogP contribution in [0.3, 0.4) is 0 Å². The van der Waals surface area contributed by atoms with Gasteiger partial charge in [-0.2, -0.15) is 4.98 Å². The van der Waals surface area contributed by atoms with Crippen molar-refractivity contribution < 1.29 is 4.52 Å². The fourth-order valence-electron chi connectivity index (χ4n) is 1.33. The lowest BCUT2D eigenvalue weighted by Crippen LogP contribution is -2.28. The molecule has 18 heavy (non-hydrogen) atoms. The number of benzene rings is 1. The van der Waals surface area contributed by atoms with E-state index in [2.05, 4.69) is 10.1 Å². The van der Waals surface area contributed by atoms with Gasteiger partial charge < -0.3 is 10.3 Å². The third-order valence-corrected chi connectivity index (χ3v) is 2.83. The fraction of sp³-hybridized carbons (Fsp3) is 0.333. The summed E-state index contributed by atoms with van der Waals surface area (Å²) in [5.41, 5.74) is 6.18. The first-order chi connectivity index (χ1) is 8.03. The molecule has 4 nitrogen and oxygen atoms in total. The molecule has 2 N–H and O–H groups in total. The molecular weight excluding hydrogens is 273 g/mol. The van der Waals surface area contributed by atoms with E-state index in [1.807, 2.05) is 26.0 Å². The van der Waals surface area contributed by atoms with Crippen LogP contribution in [-0.2, 0) is 5.41 Å². The Labute approximate surface area is 117 Å². The van der Waals surface area contributed by atoms with Crippen molar-refractivity contribution in [1.29, 1.82) is 0 Å². The SMILES string of the molecule is CC(C)(CN)c1nc(-c2cccc(Cl)c2)no1.Cl. The lowest BCUT2D eigenvalue weighted by molar-refractivity contribution is 0.311. The molecule has 1 aromatic heterocycles. The molecule has 0 fully saturated rings. The van der Waals surface area contributed by atoms with Gasteiger partial charge in [0.25, 0.3) is 0 Å². The van der Waals surface area contributed by atoms with E-state index >= 15 is 0 Å². The van der Waals surface area contributed by atoms with Gasteiger partial charge in [0.05, 0.1) is 5.41 Å². The molecule has 2 rings (SSSR count). The molecule has 0 atom stereocenters. The summed E-state index contributed by atoms with van der Waals surface area (Å²) in [6.45, 7) is 4.37. The molecule has 0 aliphatic carbocycles. The van der Waals surface area contributed by atoms with Crippen LogP contribution in [0.5, 0.6) is 0 Å². The van der Waals surface area contributed by atoms with Crippen molar-refractivity contribution in [3.05, 3.63) is 35.2 Å². The molecule has 1 aromatic carbocycles. The standard InChI is InChI=1S/C12H14ClN3O.ClH/c1-12(2,7-14)11-15-10(16-17-11)8-4-3-5-9(13)6-8;/h3-6H,7,14H2,1-2H3;1H. The third kappa shape index (κ3) is 3.02. The van der Waals surface area contributed by atoms with Gasteiger partial charge in [0.1, 0.15) is 0 Å². The molecule has 6 heteroatoms. The van der Waals surface area contributed by atoms with E-state index in [1.165, 1.54) is 0 Å². The van der Waals surface area contributed by atoms with Crippen molar-refractivity contribution in [2.24, 2.45) is 5.73 Å². The highest BCUT2D eigenvalue weighted by molar-refractivity contribution is 6.30. The van der Waals surface area contributed by atoms with E-state index in [0.717, 1.165) is 5.56 Å². The fourth-order valence-corrected chi connectivity index (χ4v) is 1.52. The largest absolute Gasteiger partial charge is 0.338 e. The van der Waals surface area contributed by atoms with Crippen molar-refractivity contribution in [3.8, 4) is 11.4 Å². The molecule has 98 valence electrons. The molecule has 0 saturated heterocycles. The molecular formula is C12H15Cl2N3O. The minimum atomic E-state index is -0.316. The number of hydrogen-bond acceptors (Lipinski definition) is 4. The number of halogens is 2. The van der Waals surface area contributed by atoms with Crippen LogP contribution in [0.2, 0.25) is 5.02 Å². The van der Waals surface area contributed by atoms with Gasteiger partial charge in [0, 0.05) is 17.1 Å². The van der Waals surface area contributed by atoms with Crippen molar-refractivity contribution in [2.75, 3.05) is 6.54 Å². The van der Waals surface area contributed by atoms with E-state index in [-0.39, 0.29) is 17.8 Å². The zero-order valence-corrected chi connectivity index (χ0v) is 11.8. The third-order valence-electron chi connectivity index (χ3n) is 2.60. The van der Waals surface area contributed by atoms with Crippen LogP contribution in [0.4, 0.5) is 0 Å². The maximum absolute atomic E-state index is 5.91. The van der Waals surface area contributed by atoms with Gasteiger partial charge in [-0.1, -0.05) is 28.9 Å². The highest BCUT2D eigenvalue weighted by Crippen LogP contribution is 2.24. The van der Waals surface area contributed by atoms with Gasteiger partial charge in [-0.15, -0.1) is 12.4 Å². The maximum atomic E-state index is 5.91. The van der Waals surface area contributed by atoms with Gasteiger partial charge in [0.2, 0.25) is 11.7 Å². The Balaban J connectivity index is 0.00000162. The second kappa shape index (κ2) is 5.69. The number of rotatable bonds is 3. The molecule has 0 spiro atoms. The molecule has 0 unspecified atom stereocenters. The van der Waals surface area contributed by atoms with Gasteiger partial charge in [-0.25, -0.2) is 0 Å². The lowest BCUT2D eigenvalue weighted by atomic mass is 9.94. The summed E-state index contributed by atoms with van der Waals surface area (Å²) in [6.07, 6.45) is 0. The Kier molecular flexibility index (Phi) is 4.73. The summed E-state index contributed by atoms with van der Waals surface area (Å²) in [4.78, 5) is 4.35. The van der Waals surface area contributed by atoms with Gasteiger partial charge in [0.15, 0.2) is 0 Å². The summed E-state index contributed by atoms with van der Waals surface area (Å²) in [5.74, 6) is 1.07. The Bertz CT molecular complexity index is 526. The second-order valence-electron chi connectivity index (χ2n) is 4.52. The Hall–Kier alpha value is -1.10. The molecule has 0 saturated carbocycles. The highest BCUT2D eigenvalue weighted by atomic mass is 35.5. The Morgan fingerprint density at radius 1 is 1.39 bits per heavy atom. The first kappa shape index (κ1) is 15.0. The van der Waals surface area contributed by atoms with Gasteiger partial charge in [-0.05, 0) is 26.0 Å². The first-order valence-electron chi connectivity index (χ1n) is 5.33. The summed E-state index contributed by atoms with van der Waals surface area (Å²) in [6, 6.07) is 7.33. The molecule has 0 aliphatic heterocycles. The molecule has 1 heterocycles. The van der Waals surface area contributed by atoms with Crippen LogP contribution in [0.25, 0.3) is 11.4 Å². The predicted molar refractivity (Wildman–Crippen MR) is 74.1 cm³/mol. The van der Waals surface area contributed by atoms with E-state index in [0.29, 0.717) is 23.3 Å². The molecule has 0 bridgehead atoms. The second-order valence-corrected chi connectivity index (χ2v) is 4.96. The van der Waals surface area contributed by atoms with E-state index in [1.54, 1.807) is 12.1 Å². The summed E-state index contributed by atoms with van der Waals surface area (Å²) in [7, 11) is 0. The average molecular weight is 288 g/mol. The minimum absolute atomic E-state index is 0. The van der Waals surface area contributed by atoms with Crippen LogP contribution < -0.4 is 5.73 Å². The number of nitrogens with zero attached hydrogens (tertiary/aromatic N) is 2. The number of hydrogen-bond donors (Lipinski definition) is 1. The monoisotopic (exact) mass is 287 g/mol. The Morgan fingerprint density at radius 3 is 2.72 bits per heavy atom. The molecule has 0 radical (unpaired) electrons. The van der Waals surface area contributed by atoms with Crippen LogP contribution in [-0.4, -0.2) is 16.7 Å². The highest BCUT2D eigenvalue weighted by Gasteiger charge is 2.26. The molecule has 0 aliphatic rings. The number of nitrogens with two attached hydrogens (primary N) is 1. The minimum Gasteiger partial charge on any atom is -0.338 e. The lowest BCUT2D eigenvalue weighted by Gasteiger charge is -2.15. The first-order valence-corrected chi connectivity index (χ1v) is 5.71. The maximum Gasteiger partial charge on any atom is 0.233 e. The normalized spacial score (nSPS) is 11.1. The van der Waals surface area contributed by atoms with E-state index in [4.69, 9.17) is 21.9 Å². The van der Waals surface area contributed by atoms with Crippen molar-refractivity contribution in [3.63, 3.8) is 0 Å². The number of aromatic nitrogens is 2. The van der Waals surface area contributed by atoms with E-state index < -0.39 is 0 Å². The van der Waals surface area contributed by atoms with Crippen LogP contribution >= 0.6 is 24.0 Å². The average Bonchev–Trinajstić information content (AvgIpc) is 2.79. The van der Waals surface area contributed by atoms with Gasteiger partial charge in [-0.3, -0.25) is 0 Å². The Morgan fingerprint density at radius 2 is 2.11 bits per heavy atom. The van der Waals surface area contributed by atoms with Crippen LogP contribution in [0.15, 0.2) is 28.8 Å². The summed E-state index contributed by atoms with van der Waals surface area (Å²) >= 11 is 5.91. The van der Waals surface area contributed by atoms with Crippen LogP contribution in [0, 0.1) is 0 Å². The van der Waals surface area contributed by atoms with Gasteiger partial charge >= 0.3 is 0 Å². The van der Waals surface area contributed by atoms with Crippen molar-refractivity contribution in [2.45, 2.75) is 19.3 Å². The van der Waals surface area contributed by atoms with Crippen molar-refractivity contribution >= 4 is 24.0 Å². The molecule has 2 aromatic rings. The summed E-state index contributed by atoms with van der Waals surface area (Å²) < 4.78 is 5.23. The zero-order valence-electron chi connectivity index (χ0n) is 10.2. The van der Waals surface area contributed by atoms with Crippen molar-refractivity contribution in [1.82, 2.24) is 10.1 Å². The zero-order chi connectivity index (χ0) is 12.5. The quantitative estimate of drug-likeness (QED) is 0.942. The summed E-state index contributed by atoms with van der Waals surface area (Å²) in [5, 5.41) is 4.59. The topological polar surface area (TPSA) is 64.9 Å². The van der Waals surface area contributed by atoms with Crippen LogP contribution in [0.1, 0.15) is 19.7 Å². The smallest absolute Gasteiger partial charge is 0.233 e. The predicted octanol–water partition coefficient (Wildman–Crippen LogP) is 3.05. The van der Waals surface area contributed by atoms with E-state index in [9.17, 15) is 0 Å².